The first-order valence-corrected chi connectivity index (χ1v) is 8.70. The molecule has 6 nitrogen and oxygen atoms in total. The minimum absolute atomic E-state index is 0.0673. The van der Waals surface area contributed by atoms with Crippen LogP contribution < -0.4 is 0 Å². The largest absolute Gasteiger partial charge is 0.378 e. The highest BCUT2D eigenvalue weighted by Gasteiger charge is 2.25. The molecular weight excluding hydrogens is 342 g/mol. The normalized spacial score (nSPS) is 18.0. The van der Waals surface area contributed by atoms with Gasteiger partial charge >= 0.3 is 0 Å². The van der Waals surface area contributed by atoms with E-state index in [0.717, 1.165) is 23.9 Å². The van der Waals surface area contributed by atoms with Gasteiger partial charge in [-0.1, -0.05) is 6.07 Å². The SMILES string of the molecule is O=C(c1cc2n(n1)CCN(Cc1ccc(F)c(F)c1)C2)N1CCOCC1. The summed E-state index contributed by atoms with van der Waals surface area (Å²) in [5, 5.41) is 4.44. The van der Waals surface area contributed by atoms with Crippen molar-refractivity contribution in [2.75, 3.05) is 32.8 Å². The summed E-state index contributed by atoms with van der Waals surface area (Å²) in [6, 6.07) is 5.81. The zero-order chi connectivity index (χ0) is 18.1. The van der Waals surface area contributed by atoms with E-state index in [1.165, 1.54) is 6.07 Å². The summed E-state index contributed by atoms with van der Waals surface area (Å²) in [5.41, 5.74) is 2.13. The number of hydrogen-bond acceptors (Lipinski definition) is 4. The van der Waals surface area contributed by atoms with Gasteiger partial charge in [-0.2, -0.15) is 5.10 Å². The van der Waals surface area contributed by atoms with Crippen molar-refractivity contribution >= 4 is 5.91 Å². The van der Waals surface area contributed by atoms with Crippen LogP contribution >= 0.6 is 0 Å². The Bertz CT molecular complexity index is 818. The maximum atomic E-state index is 13.4. The summed E-state index contributed by atoms with van der Waals surface area (Å²) < 4.78 is 33.6. The van der Waals surface area contributed by atoms with Gasteiger partial charge in [-0.25, -0.2) is 8.78 Å². The van der Waals surface area contributed by atoms with Crippen LogP contribution in [0, 0.1) is 11.6 Å². The van der Waals surface area contributed by atoms with Crippen molar-refractivity contribution in [2.45, 2.75) is 19.6 Å². The van der Waals surface area contributed by atoms with Crippen molar-refractivity contribution < 1.29 is 18.3 Å². The first-order valence-electron chi connectivity index (χ1n) is 8.70. The van der Waals surface area contributed by atoms with Gasteiger partial charge in [-0.05, 0) is 23.8 Å². The number of carbonyl (C=O) groups excluding carboxylic acids is 1. The van der Waals surface area contributed by atoms with Crippen LogP contribution in [0.4, 0.5) is 8.78 Å². The van der Waals surface area contributed by atoms with E-state index in [-0.39, 0.29) is 5.91 Å². The monoisotopic (exact) mass is 362 g/mol. The average Bonchev–Trinajstić information content (AvgIpc) is 3.08. The Morgan fingerprint density at radius 2 is 1.88 bits per heavy atom. The van der Waals surface area contributed by atoms with Gasteiger partial charge in [0, 0.05) is 32.7 Å². The van der Waals surface area contributed by atoms with Crippen LogP contribution in [-0.2, 0) is 24.4 Å². The van der Waals surface area contributed by atoms with Crippen LogP contribution in [0.5, 0.6) is 0 Å². The van der Waals surface area contributed by atoms with Gasteiger partial charge in [-0.15, -0.1) is 0 Å². The number of aromatic nitrogens is 2. The van der Waals surface area contributed by atoms with Crippen molar-refractivity contribution in [3.05, 3.63) is 52.9 Å². The number of amides is 1. The molecule has 1 aromatic carbocycles. The Kier molecular flexibility index (Phi) is 4.69. The Morgan fingerprint density at radius 3 is 2.65 bits per heavy atom. The number of hydrogen-bond donors (Lipinski definition) is 0. The van der Waals surface area contributed by atoms with Gasteiger partial charge in [0.25, 0.3) is 5.91 Å². The number of ether oxygens (including phenoxy) is 1. The molecule has 0 saturated carbocycles. The highest BCUT2D eigenvalue weighted by Crippen LogP contribution is 2.18. The molecule has 0 atom stereocenters. The van der Waals surface area contributed by atoms with E-state index in [1.54, 1.807) is 11.0 Å². The zero-order valence-corrected chi connectivity index (χ0v) is 14.3. The number of rotatable bonds is 3. The van der Waals surface area contributed by atoms with Gasteiger partial charge in [0.05, 0.1) is 25.5 Å². The van der Waals surface area contributed by atoms with Gasteiger partial charge in [0.1, 0.15) is 0 Å². The van der Waals surface area contributed by atoms with Crippen LogP contribution in [0.15, 0.2) is 24.3 Å². The van der Waals surface area contributed by atoms with E-state index in [9.17, 15) is 13.6 Å². The molecule has 0 unspecified atom stereocenters. The summed E-state index contributed by atoms with van der Waals surface area (Å²) in [7, 11) is 0. The number of morpholine rings is 1. The summed E-state index contributed by atoms with van der Waals surface area (Å²) in [4.78, 5) is 16.5. The Morgan fingerprint density at radius 1 is 1.08 bits per heavy atom. The second-order valence-electron chi connectivity index (χ2n) is 6.61. The fourth-order valence-electron chi connectivity index (χ4n) is 3.38. The highest BCUT2D eigenvalue weighted by molar-refractivity contribution is 5.92. The average molecular weight is 362 g/mol. The molecule has 1 amide bonds. The summed E-state index contributed by atoms with van der Waals surface area (Å²) in [6.45, 7) is 4.82. The molecule has 0 radical (unpaired) electrons. The lowest BCUT2D eigenvalue weighted by Crippen LogP contribution is -2.40. The van der Waals surface area contributed by atoms with Crippen LogP contribution in [0.2, 0.25) is 0 Å². The van der Waals surface area contributed by atoms with E-state index in [1.807, 2.05) is 10.7 Å². The molecule has 26 heavy (non-hydrogen) atoms. The number of benzene rings is 1. The molecule has 0 spiro atoms. The van der Waals surface area contributed by atoms with Crippen LogP contribution in [0.25, 0.3) is 0 Å². The summed E-state index contributed by atoms with van der Waals surface area (Å²) >= 11 is 0. The third kappa shape index (κ3) is 3.47. The predicted molar refractivity (Wildman–Crippen MR) is 89.4 cm³/mol. The van der Waals surface area contributed by atoms with E-state index in [0.29, 0.717) is 51.6 Å². The highest BCUT2D eigenvalue weighted by atomic mass is 19.2. The van der Waals surface area contributed by atoms with Crippen molar-refractivity contribution in [1.29, 1.82) is 0 Å². The molecule has 1 fully saturated rings. The number of carbonyl (C=O) groups is 1. The van der Waals surface area contributed by atoms with Gasteiger partial charge in [0.2, 0.25) is 0 Å². The molecule has 2 aliphatic heterocycles. The van der Waals surface area contributed by atoms with E-state index in [4.69, 9.17) is 4.74 Å². The van der Waals surface area contributed by atoms with E-state index < -0.39 is 11.6 Å². The van der Waals surface area contributed by atoms with Gasteiger partial charge < -0.3 is 9.64 Å². The third-order valence-corrected chi connectivity index (χ3v) is 4.78. The lowest BCUT2D eigenvalue weighted by atomic mass is 10.2. The zero-order valence-electron chi connectivity index (χ0n) is 14.3. The lowest BCUT2D eigenvalue weighted by Gasteiger charge is -2.27. The molecule has 2 aromatic rings. The maximum Gasteiger partial charge on any atom is 0.274 e. The quantitative estimate of drug-likeness (QED) is 0.833. The molecular formula is C18H20F2N4O2. The smallest absolute Gasteiger partial charge is 0.274 e. The van der Waals surface area contributed by atoms with Crippen LogP contribution in [0.1, 0.15) is 21.7 Å². The predicted octanol–water partition coefficient (Wildman–Crippen LogP) is 1.65. The van der Waals surface area contributed by atoms with Crippen molar-refractivity contribution in [2.24, 2.45) is 0 Å². The Labute approximate surface area is 149 Å². The molecule has 4 rings (SSSR count). The van der Waals surface area contributed by atoms with Crippen LogP contribution in [-0.4, -0.2) is 58.3 Å². The minimum atomic E-state index is -0.836. The first-order chi connectivity index (χ1) is 12.6. The van der Waals surface area contributed by atoms with Crippen molar-refractivity contribution in [1.82, 2.24) is 19.6 Å². The maximum absolute atomic E-state index is 13.4. The Balaban J connectivity index is 1.44. The van der Waals surface area contributed by atoms with E-state index >= 15 is 0 Å². The molecule has 1 saturated heterocycles. The molecule has 1 aromatic heterocycles. The van der Waals surface area contributed by atoms with Crippen LogP contribution in [0.3, 0.4) is 0 Å². The number of fused-ring (bicyclic) bond motifs is 1. The second kappa shape index (κ2) is 7.13. The summed E-state index contributed by atoms with van der Waals surface area (Å²) in [6.07, 6.45) is 0. The molecule has 0 bridgehead atoms. The third-order valence-electron chi connectivity index (χ3n) is 4.78. The number of nitrogens with zero attached hydrogens (tertiary/aromatic N) is 4. The fourth-order valence-corrected chi connectivity index (χ4v) is 3.38. The lowest BCUT2D eigenvalue weighted by molar-refractivity contribution is 0.0298. The molecule has 8 heteroatoms. The minimum Gasteiger partial charge on any atom is -0.378 e. The fraction of sp³-hybridized carbons (Fsp3) is 0.444. The standard InChI is InChI=1S/C18H20F2N4O2/c19-15-2-1-13(9-16(15)20)11-22-3-4-24-14(12-22)10-17(21-24)18(25)23-5-7-26-8-6-23/h1-2,9-10H,3-8,11-12H2. The molecule has 138 valence electrons. The molecule has 3 heterocycles. The number of halogens is 2. The van der Waals surface area contributed by atoms with Crippen molar-refractivity contribution in [3.8, 4) is 0 Å². The second-order valence-corrected chi connectivity index (χ2v) is 6.61. The molecule has 0 N–H and O–H groups in total. The molecule has 0 aliphatic carbocycles. The van der Waals surface area contributed by atoms with Gasteiger partial charge in [-0.3, -0.25) is 14.4 Å². The Hall–Kier alpha value is -2.32. The van der Waals surface area contributed by atoms with Gasteiger partial charge in [0.15, 0.2) is 17.3 Å². The topological polar surface area (TPSA) is 50.6 Å². The van der Waals surface area contributed by atoms with Crippen molar-refractivity contribution in [3.63, 3.8) is 0 Å². The summed E-state index contributed by atoms with van der Waals surface area (Å²) in [5.74, 6) is -1.73. The van der Waals surface area contributed by atoms with E-state index in [2.05, 4.69) is 10.00 Å². The molecule has 2 aliphatic rings. The first kappa shape index (κ1) is 17.1.